The summed E-state index contributed by atoms with van der Waals surface area (Å²) in [7, 11) is 0. The molecule has 2 amide bonds. The van der Waals surface area contributed by atoms with Crippen LogP contribution >= 0.6 is 11.8 Å². The third-order valence-electron chi connectivity index (χ3n) is 8.42. The lowest BCUT2D eigenvalue weighted by Crippen LogP contribution is -2.44. The number of nitrogens with one attached hydrogen (secondary N) is 1. The number of ether oxygens (including phenoxy) is 1. The van der Waals surface area contributed by atoms with Gasteiger partial charge in [-0.05, 0) is 91.8 Å². The van der Waals surface area contributed by atoms with Crippen LogP contribution in [0.4, 0.5) is 4.79 Å². The summed E-state index contributed by atoms with van der Waals surface area (Å²) in [4.78, 5) is 32.0. The molecule has 0 unspecified atom stereocenters. The molecular weight excluding hydrogens is 542 g/mol. The first-order chi connectivity index (χ1) is 20.4. The summed E-state index contributed by atoms with van der Waals surface area (Å²) < 4.78 is 6.00. The molecule has 0 radical (unpaired) electrons. The molecule has 7 heteroatoms. The van der Waals surface area contributed by atoms with Crippen molar-refractivity contribution in [2.45, 2.75) is 38.0 Å². The highest BCUT2D eigenvalue weighted by Crippen LogP contribution is 2.50. The van der Waals surface area contributed by atoms with Gasteiger partial charge in [0.25, 0.3) is 5.24 Å². The van der Waals surface area contributed by atoms with E-state index in [-0.39, 0.29) is 28.4 Å². The number of nitrogens with zero attached hydrogens (tertiary/aromatic N) is 2. The number of fused-ring (bicyclic) bond motifs is 2. The Labute approximate surface area is 251 Å². The van der Waals surface area contributed by atoms with Gasteiger partial charge in [0.2, 0.25) is 5.91 Å². The number of benzene rings is 3. The standard InChI is InChI=1S/C35H35N3O3S/c1-4-24(21-36-23(3)39)26-16-17-38-33(19-26)34(42-35(38)40)30-20-32(37-31-15-10-22(2)18-29(30)31)25-11-13-28(14-12-25)41-27-8-6-5-7-9-27/h4-15,18,20,24,26,33-34H,1,16-17,19,21H2,2-3H3,(H,36,39)/t24-,26-,33-,34-/m0/s1. The number of carbonyl (C=O) groups excluding carboxylic acids is 2. The molecule has 0 spiro atoms. The maximum Gasteiger partial charge on any atom is 0.282 e. The largest absolute Gasteiger partial charge is 0.457 e. The average molecular weight is 578 g/mol. The highest BCUT2D eigenvalue weighted by molar-refractivity contribution is 8.14. The maximum absolute atomic E-state index is 13.3. The van der Waals surface area contributed by atoms with Crippen LogP contribution in [0.2, 0.25) is 0 Å². The molecule has 0 bridgehead atoms. The van der Waals surface area contributed by atoms with Crippen LogP contribution in [0.1, 0.15) is 36.1 Å². The first kappa shape index (κ1) is 28.0. The van der Waals surface area contributed by atoms with Crippen LogP contribution in [0.3, 0.4) is 0 Å². The van der Waals surface area contributed by atoms with E-state index in [1.54, 1.807) is 6.92 Å². The second-order valence-corrected chi connectivity index (χ2v) is 12.3. The minimum Gasteiger partial charge on any atom is -0.457 e. The molecule has 2 fully saturated rings. The molecule has 4 atom stereocenters. The Bertz CT molecular complexity index is 1620. The molecule has 2 aliphatic heterocycles. The fraction of sp³-hybridized carbons (Fsp3) is 0.286. The van der Waals surface area contributed by atoms with E-state index in [4.69, 9.17) is 9.72 Å². The van der Waals surface area contributed by atoms with Crippen molar-refractivity contribution in [2.24, 2.45) is 11.8 Å². The fourth-order valence-electron chi connectivity index (χ4n) is 6.23. The van der Waals surface area contributed by atoms with Crippen molar-refractivity contribution in [1.29, 1.82) is 0 Å². The highest BCUT2D eigenvalue weighted by Gasteiger charge is 2.46. The second-order valence-electron chi connectivity index (χ2n) is 11.2. The number of pyridine rings is 1. The molecule has 4 aromatic rings. The summed E-state index contributed by atoms with van der Waals surface area (Å²) in [6.07, 6.45) is 3.74. The van der Waals surface area contributed by atoms with E-state index in [2.05, 4.69) is 48.0 Å². The lowest BCUT2D eigenvalue weighted by atomic mass is 9.79. The lowest BCUT2D eigenvalue weighted by molar-refractivity contribution is -0.119. The molecule has 42 heavy (non-hydrogen) atoms. The number of thioether (sulfide) groups is 1. The summed E-state index contributed by atoms with van der Waals surface area (Å²) in [5.41, 5.74) is 5.10. The van der Waals surface area contributed by atoms with Crippen LogP contribution in [0.25, 0.3) is 22.2 Å². The normalized spacial score (nSPS) is 20.7. The predicted octanol–water partition coefficient (Wildman–Crippen LogP) is 7.93. The summed E-state index contributed by atoms with van der Waals surface area (Å²) in [6.45, 7) is 9.00. The Morgan fingerprint density at radius 3 is 2.62 bits per heavy atom. The van der Waals surface area contributed by atoms with Gasteiger partial charge in [-0.3, -0.25) is 9.59 Å². The number of carbonyl (C=O) groups is 2. The fourth-order valence-corrected chi connectivity index (χ4v) is 7.54. The lowest BCUT2D eigenvalue weighted by Gasteiger charge is -2.39. The van der Waals surface area contributed by atoms with Gasteiger partial charge in [-0.15, -0.1) is 6.58 Å². The Hall–Kier alpha value is -4.10. The van der Waals surface area contributed by atoms with E-state index >= 15 is 0 Å². The summed E-state index contributed by atoms with van der Waals surface area (Å²) >= 11 is 1.44. The molecule has 0 aliphatic carbocycles. The van der Waals surface area contributed by atoms with Crippen LogP contribution in [0.5, 0.6) is 11.5 Å². The van der Waals surface area contributed by atoms with E-state index in [0.29, 0.717) is 12.5 Å². The molecule has 1 N–H and O–H groups in total. The topological polar surface area (TPSA) is 71.5 Å². The van der Waals surface area contributed by atoms with Crippen molar-refractivity contribution in [3.05, 3.63) is 103 Å². The van der Waals surface area contributed by atoms with Gasteiger partial charge in [-0.25, -0.2) is 4.98 Å². The molecule has 2 saturated heterocycles. The summed E-state index contributed by atoms with van der Waals surface area (Å²) in [5.74, 6) is 2.03. The van der Waals surface area contributed by atoms with Gasteiger partial charge in [0.05, 0.1) is 16.5 Å². The number of rotatable bonds is 8. The number of aryl methyl sites for hydroxylation is 1. The van der Waals surface area contributed by atoms with Crippen LogP contribution in [0.15, 0.2) is 91.5 Å². The number of para-hydroxylation sites is 1. The Morgan fingerprint density at radius 2 is 1.88 bits per heavy atom. The zero-order valence-electron chi connectivity index (χ0n) is 24.0. The van der Waals surface area contributed by atoms with Crippen molar-refractivity contribution in [3.8, 4) is 22.8 Å². The predicted molar refractivity (Wildman–Crippen MR) is 170 cm³/mol. The molecule has 1 aromatic heterocycles. The van der Waals surface area contributed by atoms with E-state index in [0.717, 1.165) is 64.2 Å². The number of hydrogen-bond acceptors (Lipinski definition) is 5. The van der Waals surface area contributed by atoms with Crippen molar-refractivity contribution < 1.29 is 14.3 Å². The van der Waals surface area contributed by atoms with E-state index < -0.39 is 0 Å². The highest BCUT2D eigenvalue weighted by atomic mass is 32.2. The molecule has 3 aromatic carbocycles. The number of hydrogen-bond donors (Lipinski definition) is 1. The van der Waals surface area contributed by atoms with Crippen LogP contribution in [-0.2, 0) is 4.79 Å². The number of piperidine rings is 1. The van der Waals surface area contributed by atoms with Crippen LogP contribution in [-0.4, -0.2) is 40.2 Å². The van der Waals surface area contributed by atoms with E-state index in [1.807, 2.05) is 60.7 Å². The average Bonchev–Trinajstić information content (AvgIpc) is 3.33. The molecule has 0 saturated carbocycles. The third-order valence-corrected chi connectivity index (χ3v) is 9.68. The van der Waals surface area contributed by atoms with E-state index in [1.165, 1.54) is 11.8 Å². The SMILES string of the molecule is C=C[C@@H](CNC(C)=O)[C@H]1CCN2C(=O)S[C@@H](c3cc(-c4ccc(Oc5ccccc5)cc4)nc4ccc(C)cc34)[C@@H]2C1. The van der Waals surface area contributed by atoms with E-state index in [9.17, 15) is 9.59 Å². The second kappa shape index (κ2) is 12.0. The molecule has 6 rings (SSSR count). The zero-order chi connectivity index (χ0) is 29.2. The van der Waals surface area contributed by atoms with Crippen molar-refractivity contribution in [3.63, 3.8) is 0 Å². The van der Waals surface area contributed by atoms with Gasteiger partial charge in [-0.2, -0.15) is 0 Å². The minimum absolute atomic E-state index is 0.0155. The van der Waals surface area contributed by atoms with Crippen molar-refractivity contribution >= 4 is 33.8 Å². The zero-order valence-corrected chi connectivity index (χ0v) is 24.8. The number of aromatic nitrogens is 1. The van der Waals surface area contributed by atoms with Crippen LogP contribution in [0, 0.1) is 18.8 Å². The van der Waals surface area contributed by atoms with Gasteiger partial charge in [0.1, 0.15) is 11.5 Å². The quantitative estimate of drug-likeness (QED) is 0.215. The van der Waals surface area contributed by atoms with Gasteiger partial charge < -0.3 is 15.0 Å². The minimum atomic E-state index is -0.0328. The summed E-state index contributed by atoms with van der Waals surface area (Å²) in [5, 5.41) is 4.18. The smallest absolute Gasteiger partial charge is 0.282 e. The third kappa shape index (κ3) is 5.79. The Morgan fingerprint density at radius 1 is 1.12 bits per heavy atom. The monoisotopic (exact) mass is 577 g/mol. The number of amides is 2. The van der Waals surface area contributed by atoms with Gasteiger partial charge in [0.15, 0.2) is 0 Å². The first-order valence-corrected chi connectivity index (χ1v) is 15.4. The van der Waals surface area contributed by atoms with Gasteiger partial charge >= 0.3 is 0 Å². The molecular formula is C35H35N3O3S. The van der Waals surface area contributed by atoms with Crippen LogP contribution < -0.4 is 10.1 Å². The van der Waals surface area contributed by atoms with Gasteiger partial charge in [0, 0.05) is 37.0 Å². The maximum atomic E-state index is 13.3. The molecule has 3 heterocycles. The molecule has 6 nitrogen and oxygen atoms in total. The van der Waals surface area contributed by atoms with Crippen molar-refractivity contribution in [1.82, 2.24) is 15.2 Å². The van der Waals surface area contributed by atoms with Crippen molar-refractivity contribution in [2.75, 3.05) is 13.1 Å². The summed E-state index contributed by atoms with van der Waals surface area (Å²) in [6, 6.07) is 26.4. The Balaban J connectivity index is 1.34. The Kier molecular flexibility index (Phi) is 8.02. The molecule has 2 aliphatic rings. The first-order valence-electron chi connectivity index (χ1n) is 14.5. The van der Waals surface area contributed by atoms with Gasteiger partial charge in [-0.1, -0.05) is 47.7 Å². The molecule has 214 valence electrons.